The second-order valence-corrected chi connectivity index (χ2v) is 3.06. The highest BCUT2D eigenvalue weighted by Gasteiger charge is 2.09. The molecule has 0 radical (unpaired) electrons. The predicted octanol–water partition coefficient (Wildman–Crippen LogP) is -2.23. The van der Waals surface area contributed by atoms with Gasteiger partial charge in [-0.15, -0.1) is 0 Å². The van der Waals surface area contributed by atoms with Gasteiger partial charge in [0.05, 0.1) is 7.11 Å². The molecule has 0 aromatic carbocycles. The van der Waals surface area contributed by atoms with E-state index in [0.29, 0.717) is 0 Å². The number of carbonyl (C=O) groups is 1. The number of halogens is 1. The number of hydrogen-bond donors (Lipinski definition) is 0. The lowest BCUT2D eigenvalue weighted by molar-refractivity contribution is -0.686. The summed E-state index contributed by atoms with van der Waals surface area (Å²) in [5, 5.41) is 0. The van der Waals surface area contributed by atoms with Crippen LogP contribution < -0.4 is 21.5 Å². The van der Waals surface area contributed by atoms with E-state index in [1.165, 1.54) is 18.2 Å². The van der Waals surface area contributed by atoms with Crippen molar-refractivity contribution >= 4 is 5.97 Å². The van der Waals surface area contributed by atoms with Gasteiger partial charge in [-0.05, 0) is 19.4 Å². The molecule has 1 aromatic heterocycles. The number of aromatic nitrogens is 1. The molecule has 1 heterocycles. The highest BCUT2D eigenvalue weighted by Crippen LogP contribution is 2.00. The molecule has 0 saturated carbocycles. The summed E-state index contributed by atoms with van der Waals surface area (Å²) in [5.41, 5.74) is 2.40. The molecular formula is C10H14BrNO2. The first kappa shape index (κ1) is 13.1. The van der Waals surface area contributed by atoms with Gasteiger partial charge in [-0.1, -0.05) is 0 Å². The third kappa shape index (κ3) is 3.46. The van der Waals surface area contributed by atoms with E-state index in [4.69, 9.17) is 0 Å². The highest BCUT2D eigenvalue weighted by atomic mass is 79.9. The van der Waals surface area contributed by atoms with Crippen LogP contribution in [0.25, 0.3) is 0 Å². The van der Waals surface area contributed by atoms with Gasteiger partial charge in [0.2, 0.25) is 6.54 Å². The van der Waals surface area contributed by atoms with Crippen molar-refractivity contribution in [3.05, 3.63) is 29.6 Å². The summed E-state index contributed by atoms with van der Waals surface area (Å²) in [6.07, 6.45) is 3.81. The average molecular weight is 260 g/mol. The number of aryl methyl sites for hydroxylation is 2. The maximum atomic E-state index is 10.9. The number of ether oxygens (including phenoxy) is 1. The van der Waals surface area contributed by atoms with Gasteiger partial charge < -0.3 is 21.7 Å². The van der Waals surface area contributed by atoms with Crippen molar-refractivity contribution in [1.82, 2.24) is 0 Å². The van der Waals surface area contributed by atoms with E-state index in [9.17, 15) is 4.79 Å². The highest BCUT2D eigenvalue weighted by molar-refractivity contribution is 5.67. The van der Waals surface area contributed by atoms with E-state index < -0.39 is 0 Å². The fourth-order valence-corrected chi connectivity index (χ4v) is 1.04. The van der Waals surface area contributed by atoms with E-state index in [2.05, 4.69) is 4.74 Å². The summed E-state index contributed by atoms with van der Waals surface area (Å²) in [5.74, 6) is -0.228. The Labute approximate surface area is 94.5 Å². The Morgan fingerprint density at radius 3 is 2.57 bits per heavy atom. The van der Waals surface area contributed by atoms with Crippen LogP contribution in [-0.2, 0) is 16.1 Å². The van der Waals surface area contributed by atoms with Gasteiger partial charge >= 0.3 is 5.97 Å². The Kier molecular flexibility index (Phi) is 5.38. The van der Waals surface area contributed by atoms with Crippen LogP contribution in [-0.4, -0.2) is 13.1 Å². The molecule has 1 aromatic rings. The summed E-state index contributed by atoms with van der Waals surface area (Å²) in [6, 6.07) is 1.98. The molecule has 0 aliphatic rings. The molecule has 14 heavy (non-hydrogen) atoms. The molecular weight excluding hydrogens is 246 g/mol. The summed E-state index contributed by atoms with van der Waals surface area (Å²) in [4.78, 5) is 10.9. The van der Waals surface area contributed by atoms with Crippen LogP contribution in [0.3, 0.4) is 0 Å². The Hall–Kier alpha value is -0.900. The van der Waals surface area contributed by atoms with Crippen LogP contribution in [0.4, 0.5) is 0 Å². The molecule has 0 aliphatic heterocycles. The zero-order valence-electron chi connectivity index (χ0n) is 8.58. The topological polar surface area (TPSA) is 30.2 Å². The third-order valence-electron chi connectivity index (χ3n) is 2.04. The lowest BCUT2D eigenvalue weighted by atomic mass is 10.2. The minimum atomic E-state index is -0.228. The van der Waals surface area contributed by atoms with Crippen LogP contribution in [0.1, 0.15) is 11.1 Å². The van der Waals surface area contributed by atoms with E-state index in [1.807, 2.05) is 36.9 Å². The molecule has 0 unspecified atom stereocenters. The van der Waals surface area contributed by atoms with Crippen molar-refractivity contribution in [2.75, 3.05) is 7.11 Å². The number of pyridine rings is 1. The van der Waals surface area contributed by atoms with Gasteiger partial charge in [-0.2, -0.15) is 4.57 Å². The molecule has 0 aliphatic carbocycles. The first-order chi connectivity index (χ1) is 6.13. The fourth-order valence-electron chi connectivity index (χ4n) is 1.04. The molecule has 1 rings (SSSR count). The van der Waals surface area contributed by atoms with Crippen molar-refractivity contribution < 1.29 is 31.1 Å². The van der Waals surface area contributed by atoms with Crippen LogP contribution in [0, 0.1) is 13.8 Å². The predicted molar refractivity (Wildman–Crippen MR) is 48.1 cm³/mol. The Balaban J connectivity index is 0.00000169. The van der Waals surface area contributed by atoms with E-state index >= 15 is 0 Å². The Morgan fingerprint density at radius 2 is 2.07 bits per heavy atom. The number of rotatable bonds is 2. The van der Waals surface area contributed by atoms with E-state index in [1.54, 1.807) is 0 Å². The minimum Gasteiger partial charge on any atom is -1.00 e. The molecule has 0 bridgehead atoms. The SMILES string of the molecule is COC(=O)C[n+]1ccc(C)c(C)c1.[Br-]. The van der Waals surface area contributed by atoms with E-state index in [-0.39, 0.29) is 29.5 Å². The molecule has 0 N–H and O–H groups in total. The van der Waals surface area contributed by atoms with Crippen LogP contribution >= 0.6 is 0 Å². The summed E-state index contributed by atoms with van der Waals surface area (Å²) in [7, 11) is 1.39. The van der Waals surface area contributed by atoms with Crippen molar-refractivity contribution in [3.63, 3.8) is 0 Å². The molecule has 0 saturated heterocycles. The number of esters is 1. The Bertz CT molecular complexity index is 326. The number of carbonyl (C=O) groups excluding carboxylic acids is 1. The average Bonchev–Trinajstić information content (AvgIpc) is 2.11. The van der Waals surface area contributed by atoms with Gasteiger partial charge in [0.1, 0.15) is 0 Å². The van der Waals surface area contributed by atoms with Gasteiger partial charge in [-0.25, -0.2) is 4.79 Å². The standard InChI is InChI=1S/C10H14NO2.BrH/c1-8-4-5-11(6-9(8)2)7-10(12)13-3;/h4-6H,7H2,1-3H3;1H/q+1;/p-1. The van der Waals surface area contributed by atoms with Gasteiger partial charge in [-0.3, -0.25) is 0 Å². The van der Waals surface area contributed by atoms with Crippen molar-refractivity contribution in [2.24, 2.45) is 0 Å². The largest absolute Gasteiger partial charge is 1.00 e. The van der Waals surface area contributed by atoms with Gasteiger partial charge in [0.15, 0.2) is 12.4 Å². The van der Waals surface area contributed by atoms with Crippen molar-refractivity contribution in [2.45, 2.75) is 20.4 Å². The fraction of sp³-hybridized carbons (Fsp3) is 0.400. The summed E-state index contributed by atoms with van der Waals surface area (Å²) < 4.78 is 6.38. The monoisotopic (exact) mass is 259 g/mol. The second kappa shape index (κ2) is 5.75. The molecule has 0 fully saturated rings. The zero-order valence-corrected chi connectivity index (χ0v) is 10.2. The van der Waals surface area contributed by atoms with Gasteiger partial charge in [0, 0.05) is 11.6 Å². The summed E-state index contributed by atoms with van der Waals surface area (Å²) >= 11 is 0. The first-order valence-corrected chi connectivity index (χ1v) is 4.16. The maximum absolute atomic E-state index is 10.9. The second-order valence-electron chi connectivity index (χ2n) is 3.06. The van der Waals surface area contributed by atoms with Gasteiger partial charge in [0.25, 0.3) is 0 Å². The molecule has 3 nitrogen and oxygen atoms in total. The molecule has 0 amide bonds. The lowest BCUT2D eigenvalue weighted by Gasteiger charge is -1.98. The smallest absolute Gasteiger partial charge is 0.372 e. The van der Waals surface area contributed by atoms with Crippen molar-refractivity contribution in [3.8, 4) is 0 Å². The minimum absolute atomic E-state index is 0. The normalized spacial score (nSPS) is 9.07. The molecule has 0 atom stereocenters. The summed E-state index contributed by atoms with van der Waals surface area (Å²) in [6.45, 7) is 4.33. The Morgan fingerprint density at radius 1 is 1.43 bits per heavy atom. The molecule has 78 valence electrons. The zero-order chi connectivity index (χ0) is 9.84. The molecule has 4 heteroatoms. The third-order valence-corrected chi connectivity index (χ3v) is 2.04. The lowest BCUT2D eigenvalue weighted by Crippen LogP contribution is -3.00. The molecule has 0 spiro atoms. The number of methoxy groups -OCH3 is 1. The van der Waals surface area contributed by atoms with Crippen LogP contribution in [0.5, 0.6) is 0 Å². The first-order valence-electron chi connectivity index (χ1n) is 4.16. The van der Waals surface area contributed by atoms with E-state index in [0.717, 1.165) is 0 Å². The number of hydrogen-bond acceptors (Lipinski definition) is 2. The maximum Gasteiger partial charge on any atom is 0.372 e. The van der Waals surface area contributed by atoms with Crippen LogP contribution in [0.15, 0.2) is 18.5 Å². The quantitative estimate of drug-likeness (QED) is 0.445. The number of nitrogens with zero attached hydrogens (tertiary/aromatic N) is 1. The van der Waals surface area contributed by atoms with Crippen LogP contribution in [0.2, 0.25) is 0 Å². The van der Waals surface area contributed by atoms with Crippen molar-refractivity contribution in [1.29, 1.82) is 0 Å².